The van der Waals surface area contributed by atoms with Gasteiger partial charge in [0.25, 0.3) is 0 Å². The summed E-state index contributed by atoms with van der Waals surface area (Å²) < 4.78 is 5.88. The van der Waals surface area contributed by atoms with Crippen LogP contribution in [0.2, 0.25) is 0 Å². The van der Waals surface area contributed by atoms with E-state index >= 15 is 0 Å². The molecule has 0 aromatic heterocycles. The standard InChI is InChI=1S/C14H24N2O2/c1-11-4-5-13(18-11)10-15-8-6-12(9-15)16-7-2-3-14(16)17/h11-13H,2-10H2,1H3. The first-order chi connectivity index (χ1) is 8.72. The van der Waals surface area contributed by atoms with Crippen LogP contribution in [0.3, 0.4) is 0 Å². The number of nitrogens with zero attached hydrogens (tertiary/aromatic N) is 2. The maximum Gasteiger partial charge on any atom is 0.222 e. The monoisotopic (exact) mass is 252 g/mol. The summed E-state index contributed by atoms with van der Waals surface area (Å²) in [5.74, 6) is 0.368. The number of carbonyl (C=O) groups excluding carboxylic acids is 1. The van der Waals surface area contributed by atoms with E-state index in [2.05, 4.69) is 16.7 Å². The van der Waals surface area contributed by atoms with E-state index in [4.69, 9.17) is 4.74 Å². The molecular formula is C14H24N2O2. The van der Waals surface area contributed by atoms with Gasteiger partial charge in [-0.3, -0.25) is 9.69 Å². The van der Waals surface area contributed by atoms with E-state index < -0.39 is 0 Å². The molecule has 3 heterocycles. The summed E-state index contributed by atoms with van der Waals surface area (Å²) in [7, 11) is 0. The Balaban J connectivity index is 1.48. The van der Waals surface area contributed by atoms with Crippen molar-refractivity contribution < 1.29 is 9.53 Å². The first-order valence-electron chi connectivity index (χ1n) is 7.39. The Labute approximate surface area is 109 Å². The third kappa shape index (κ3) is 2.54. The minimum absolute atomic E-state index is 0.368. The molecule has 0 saturated carbocycles. The molecule has 0 radical (unpaired) electrons. The molecule has 3 saturated heterocycles. The van der Waals surface area contributed by atoms with Gasteiger partial charge in [-0.2, -0.15) is 0 Å². The van der Waals surface area contributed by atoms with Crippen LogP contribution in [0, 0.1) is 0 Å². The lowest BCUT2D eigenvalue weighted by atomic mass is 10.2. The second-order valence-electron chi connectivity index (χ2n) is 6.04. The summed E-state index contributed by atoms with van der Waals surface area (Å²) in [6.45, 7) is 6.38. The summed E-state index contributed by atoms with van der Waals surface area (Å²) in [5, 5.41) is 0. The van der Waals surface area contributed by atoms with Gasteiger partial charge < -0.3 is 9.64 Å². The van der Waals surface area contributed by atoms with Crippen molar-refractivity contribution in [3.63, 3.8) is 0 Å². The lowest BCUT2D eigenvalue weighted by Crippen LogP contribution is -2.39. The summed E-state index contributed by atoms with van der Waals surface area (Å²) in [6, 6.07) is 0.471. The zero-order valence-corrected chi connectivity index (χ0v) is 11.3. The predicted octanol–water partition coefficient (Wildman–Crippen LogP) is 1.25. The third-order valence-corrected chi connectivity index (χ3v) is 4.58. The van der Waals surface area contributed by atoms with Crippen molar-refractivity contribution >= 4 is 5.91 Å². The van der Waals surface area contributed by atoms with Crippen molar-refractivity contribution in [2.24, 2.45) is 0 Å². The molecule has 3 fully saturated rings. The van der Waals surface area contributed by atoms with Gasteiger partial charge in [0.2, 0.25) is 5.91 Å². The lowest BCUT2D eigenvalue weighted by Gasteiger charge is -2.25. The quantitative estimate of drug-likeness (QED) is 0.758. The van der Waals surface area contributed by atoms with E-state index in [1.54, 1.807) is 0 Å². The average molecular weight is 252 g/mol. The Morgan fingerprint density at radius 2 is 2.17 bits per heavy atom. The van der Waals surface area contributed by atoms with Gasteiger partial charge in [-0.15, -0.1) is 0 Å². The van der Waals surface area contributed by atoms with Crippen molar-refractivity contribution in [1.29, 1.82) is 0 Å². The van der Waals surface area contributed by atoms with Crippen molar-refractivity contribution in [2.75, 3.05) is 26.2 Å². The van der Waals surface area contributed by atoms with Crippen LogP contribution in [-0.4, -0.2) is 60.1 Å². The van der Waals surface area contributed by atoms with Gasteiger partial charge in [0.15, 0.2) is 0 Å². The molecule has 102 valence electrons. The zero-order chi connectivity index (χ0) is 12.5. The SMILES string of the molecule is CC1CCC(CN2CCC(N3CCCC3=O)C2)O1. The van der Waals surface area contributed by atoms with E-state index in [9.17, 15) is 4.79 Å². The highest BCUT2D eigenvalue weighted by molar-refractivity contribution is 5.78. The summed E-state index contributed by atoms with van der Waals surface area (Å²) >= 11 is 0. The van der Waals surface area contributed by atoms with E-state index in [0.717, 1.165) is 45.4 Å². The molecule has 0 bridgehead atoms. The largest absolute Gasteiger partial charge is 0.374 e. The molecule has 0 aromatic carbocycles. The first-order valence-corrected chi connectivity index (χ1v) is 7.39. The number of hydrogen-bond donors (Lipinski definition) is 0. The van der Waals surface area contributed by atoms with Crippen molar-refractivity contribution in [3.05, 3.63) is 0 Å². The fourth-order valence-electron chi connectivity index (χ4n) is 3.60. The van der Waals surface area contributed by atoms with Crippen molar-refractivity contribution in [3.8, 4) is 0 Å². The second-order valence-corrected chi connectivity index (χ2v) is 6.04. The number of likely N-dealkylation sites (tertiary alicyclic amines) is 2. The Hall–Kier alpha value is -0.610. The second kappa shape index (κ2) is 5.17. The van der Waals surface area contributed by atoms with Gasteiger partial charge in [-0.05, 0) is 32.6 Å². The lowest BCUT2D eigenvalue weighted by molar-refractivity contribution is -0.129. The molecular weight excluding hydrogens is 228 g/mol. The molecule has 1 amide bonds. The summed E-state index contributed by atoms with van der Waals surface area (Å²) in [5.41, 5.74) is 0. The van der Waals surface area contributed by atoms with Crippen LogP contribution in [0.5, 0.6) is 0 Å². The van der Waals surface area contributed by atoms with E-state index in [0.29, 0.717) is 24.2 Å². The Morgan fingerprint density at radius 1 is 1.28 bits per heavy atom. The third-order valence-electron chi connectivity index (χ3n) is 4.58. The van der Waals surface area contributed by atoms with Crippen molar-refractivity contribution in [2.45, 2.75) is 57.3 Å². The summed E-state index contributed by atoms with van der Waals surface area (Å²) in [6.07, 6.45) is 6.23. The zero-order valence-electron chi connectivity index (χ0n) is 11.3. The fraction of sp³-hybridized carbons (Fsp3) is 0.929. The molecule has 18 heavy (non-hydrogen) atoms. The smallest absolute Gasteiger partial charge is 0.222 e. The van der Waals surface area contributed by atoms with Crippen LogP contribution in [-0.2, 0) is 9.53 Å². The van der Waals surface area contributed by atoms with Crippen LogP contribution in [0.15, 0.2) is 0 Å². The topological polar surface area (TPSA) is 32.8 Å². The van der Waals surface area contributed by atoms with Crippen LogP contribution in [0.1, 0.15) is 39.0 Å². The normalized spacial score (nSPS) is 37.9. The van der Waals surface area contributed by atoms with Crippen LogP contribution >= 0.6 is 0 Å². The number of carbonyl (C=O) groups is 1. The first kappa shape index (κ1) is 12.4. The highest BCUT2D eigenvalue weighted by atomic mass is 16.5. The van der Waals surface area contributed by atoms with Gasteiger partial charge in [0.05, 0.1) is 12.2 Å². The number of hydrogen-bond acceptors (Lipinski definition) is 3. The number of amides is 1. The molecule has 3 aliphatic heterocycles. The van der Waals surface area contributed by atoms with Crippen molar-refractivity contribution in [1.82, 2.24) is 9.80 Å². The molecule has 3 atom stereocenters. The number of ether oxygens (including phenoxy) is 1. The van der Waals surface area contributed by atoms with Gasteiger partial charge in [-0.1, -0.05) is 0 Å². The Kier molecular flexibility index (Phi) is 3.57. The maximum atomic E-state index is 11.7. The maximum absolute atomic E-state index is 11.7. The minimum Gasteiger partial charge on any atom is -0.374 e. The molecule has 3 rings (SSSR count). The van der Waals surface area contributed by atoms with Gasteiger partial charge in [0, 0.05) is 38.6 Å². The molecule has 0 aromatic rings. The molecule has 4 nitrogen and oxygen atoms in total. The van der Waals surface area contributed by atoms with Gasteiger partial charge >= 0.3 is 0 Å². The average Bonchev–Trinajstić information content (AvgIpc) is 3.02. The molecule has 0 spiro atoms. The molecule has 0 N–H and O–H groups in total. The van der Waals surface area contributed by atoms with Gasteiger partial charge in [0.1, 0.15) is 0 Å². The van der Waals surface area contributed by atoms with Crippen LogP contribution in [0.4, 0.5) is 0 Å². The van der Waals surface area contributed by atoms with Gasteiger partial charge in [-0.25, -0.2) is 0 Å². The Morgan fingerprint density at radius 3 is 2.83 bits per heavy atom. The molecule has 0 aliphatic carbocycles. The van der Waals surface area contributed by atoms with E-state index in [-0.39, 0.29) is 0 Å². The Bertz CT molecular complexity index is 321. The fourth-order valence-corrected chi connectivity index (χ4v) is 3.60. The van der Waals surface area contributed by atoms with Crippen LogP contribution < -0.4 is 0 Å². The van der Waals surface area contributed by atoms with E-state index in [1.165, 1.54) is 12.8 Å². The molecule has 3 unspecified atom stereocenters. The number of rotatable bonds is 3. The highest BCUT2D eigenvalue weighted by Gasteiger charge is 2.34. The highest BCUT2D eigenvalue weighted by Crippen LogP contribution is 2.24. The van der Waals surface area contributed by atoms with Crippen LogP contribution in [0.25, 0.3) is 0 Å². The predicted molar refractivity (Wildman–Crippen MR) is 69.4 cm³/mol. The molecule has 3 aliphatic rings. The molecule has 4 heteroatoms. The minimum atomic E-state index is 0.368. The summed E-state index contributed by atoms with van der Waals surface area (Å²) in [4.78, 5) is 16.3. The van der Waals surface area contributed by atoms with E-state index in [1.807, 2.05) is 0 Å².